The van der Waals surface area contributed by atoms with Gasteiger partial charge in [0.15, 0.2) is 11.6 Å². The molecule has 2 heterocycles. The van der Waals surface area contributed by atoms with Crippen LogP contribution < -0.4 is 15.4 Å². The maximum Gasteiger partial charge on any atom is 0.573 e. The molecule has 1 amide bonds. The van der Waals surface area contributed by atoms with E-state index in [0.29, 0.717) is 21.2 Å². The van der Waals surface area contributed by atoms with Gasteiger partial charge in [0.2, 0.25) is 5.95 Å². The Bertz CT molecular complexity index is 1230. The topological polar surface area (TPSA) is 76.1 Å². The number of fused-ring (bicyclic) bond motifs is 1. The molecule has 0 fully saturated rings. The predicted molar refractivity (Wildman–Crippen MR) is 112 cm³/mol. The zero-order valence-electron chi connectivity index (χ0n) is 16.6. The first-order chi connectivity index (χ1) is 14.9. The van der Waals surface area contributed by atoms with E-state index in [1.165, 1.54) is 12.1 Å². The van der Waals surface area contributed by atoms with Gasteiger partial charge in [-0.3, -0.25) is 4.79 Å². The van der Waals surface area contributed by atoms with Gasteiger partial charge in [0.1, 0.15) is 5.69 Å². The molecule has 0 radical (unpaired) electrons. The monoisotopic (exact) mass is 510 g/mol. The molecular formula is C21H15BrF4N4O2. The summed E-state index contributed by atoms with van der Waals surface area (Å²) in [4.78, 5) is 20.3. The van der Waals surface area contributed by atoms with Crippen molar-refractivity contribution in [1.82, 2.24) is 15.3 Å². The Morgan fingerprint density at radius 2 is 1.88 bits per heavy atom. The zero-order valence-corrected chi connectivity index (χ0v) is 18.2. The van der Waals surface area contributed by atoms with Crippen LogP contribution in [0.4, 0.5) is 29.2 Å². The lowest BCUT2D eigenvalue weighted by Crippen LogP contribution is -2.33. The number of carbonyl (C=O) groups excluding carboxylic acids is 1. The summed E-state index contributed by atoms with van der Waals surface area (Å²) in [6.45, 7) is 3.56. The second-order valence-corrected chi connectivity index (χ2v) is 8.43. The standard InChI is InChI=1S/C21H15BrF4N4O2/c1-20(2)16-11(4-3-5-12(16)18(31)30-20)17-13(23)9-27-19(29-17)28-14-8-10(22)6-7-15(14)32-21(24,25)26/h3-9H,1-2H3,(H,30,31)(H,27,28,29). The van der Waals surface area contributed by atoms with Crippen LogP contribution in [0.25, 0.3) is 11.3 Å². The van der Waals surface area contributed by atoms with E-state index in [1.807, 2.05) is 0 Å². The Labute approximate surface area is 188 Å². The lowest BCUT2D eigenvalue weighted by Gasteiger charge is -2.22. The predicted octanol–water partition coefficient (Wildman–Crippen LogP) is 5.67. The molecule has 1 aromatic heterocycles. The number of ether oxygens (including phenoxy) is 1. The van der Waals surface area contributed by atoms with Gasteiger partial charge in [0.05, 0.1) is 17.4 Å². The number of carbonyl (C=O) groups is 1. The second kappa shape index (κ2) is 7.73. The van der Waals surface area contributed by atoms with Crippen LogP contribution in [0.3, 0.4) is 0 Å². The second-order valence-electron chi connectivity index (χ2n) is 7.51. The van der Waals surface area contributed by atoms with Gasteiger partial charge in [-0.05, 0) is 43.7 Å². The molecule has 0 unspecified atom stereocenters. The fourth-order valence-electron chi connectivity index (χ4n) is 3.58. The van der Waals surface area contributed by atoms with Crippen molar-refractivity contribution in [3.63, 3.8) is 0 Å². The van der Waals surface area contributed by atoms with Crippen LogP contribution in [0.2, 0.25) is 0 Å². The smallest absolute Gasteiger partial charge is 0.404 e. The molecule has 2 aromatic carbocycles. The fourth-order valence-corrected chi connectivity index (χ4v) is 3.94. The molecule has 3 aromatic rings. The number of alkyl halides is 3. The molecule has 0 saturated carbocycles. The summed E-state index contributed by atoms with van der Waals surface area (Å²) in [6.07, 6.45) is -4.00. The molecular weight excluding hydrogens is 496 g/mol. The Morgan fingerprint density at radius 3 is 2.59 bits per heavy atom. The SMILES string of the molecule is CC1(C)NC(=O)c2cccc(-c3nc(Nc4cc(Br)ccc4OC(F)(F)F)ncc3F)c21. The summed E-state index contributed by atoms with van der Waals surface area (Å²) in [7, 11) is 0. The van der Waals surface area contributed by atoms with Crippen molar-refractivity contribution in [2.45, 2.75) is 25.7 Å². The van der Waals surface area contributed by atoms with E-state index in [4.69, 9.17) is 0 Å². The molecule has 2 N–H and O–H groups in total. The first-order valence-electron chi connectivity index (χ1n) is 9.26. The van der Waals surface area contributed by atoms with E-state index in [-0.39, 0.29) is 23.2 Å². The number of aromatic nitrogens is 2. The van der Waals surface area contributed by atoms with Gasteiger partial charge in [0.25, 0.3) is 5.91 Å². The normalized spacial score (nSPS) is 14.7. The Hall–Kier alpha value is -3.21. The van der Waals surface area contributed by atoms with E-state index in [1.54, 1.807) is 32.0 Å². The van der Waals surface area contributed by atoms with Crippen molar-refractivity contribution in [2.75, 3.05) is 5.32 Å². The maximum absolute atomic E-state index is 14.7. The van der Waals surface area contributed by atoms with E-state index in [2.05, 4.69) is 41.3 Å². The van der Waals surface area contributed by atoms with Crippen molar-refractivity contribution in [1.29, 1.82) is 0 Å². The third-order valence-corrected chi connectivity index (χ3v) is 5.27. The number of amides is 1. The molecule has 166 valence electrons. The molecule has 11 heteroatoms. The number of hydrogen-bond acceptors (Lipinski definition) is 5. The minimum Gasteiger partial charge on any atom is -0.404 e. The molecule has 1 aliphatic rings. The summed E-state index contributed by atoms with van der Waals surface area (Å²) in [5.74, 6) is -1.70. The van der Waals surface area contributed by atoms with Crippen molar-refractivity contribution in [3.8, 4) is 17.0 Å². The van der Waals surface area contributed by atoms with Gasteiger partial charge in [-0.2, -0.15) is 0 Å². The van der Waals surface area contributed by atoms with Crippen LogP contribution in [0.1, 0.15) is 29.8 Å². The number of nitrogens with zero attached hydrogens (tertiary/aromatic N) is 2. The van der Waals surface area contributed by atoms with Gasteiger partial charge in [0, 0.05) is 15.6 Å². The van der Waals surface area contributed by atoms with Gasteiger partial charge >= 0.3 is 6.36 Å². The third-order valence-electron chi connectivity index (χ3n) is 4.77. The molecule has 0 spiro atoms. The van der Waals surface area contributed by atoms with Gasteiger partial charge in [-0.25, -0.2) is 14.4 Å². The zero-order chi connectivity index (χ0) is 23.3. The minimum atomic E-state index is -4.91. The van der Waals surface area contributed by atoms with E-state index in [0.717, 1.165) is 12.3 Å². The van der Waals surface area contributed by atoms with Crippen LogP contribution >= 0.6 is 15.9 Å². The number of nitrogens with one attached hydrogen (secondary N) is 2. The van der Waals surface area contributed by atoms with E-state index < -0.39 is 23.5 Å². The molecule has 1 aliphatic heterocycles. The molecule has 6 nitrogen and oxygen atoms in total. The summed E-state index contributed by atoms with van der Waals surface area (Å²) >= 11 is 3.19. The first kappa shape index (κ1) is 22.0. The summed E-state index contributed by atoms with van der Waals surface area (Å²) in [6, 6.07) is 8.69. The molecule has 0 bridgehead atoms. The molecule has 0 atom stereocenters. The number of benzene rings is 2. The molecule has 4 rings (SSSR count). The minimum absolute atomic E-state index is 0.0790. The maximum atomic E-state index is 14.7. The largest absolute Gasteiger partial charge is 0.573 e. The van der Waals surface area contributed by atoms with Crippen molar-refractivity contribution in [2.24, 2.45) is 0 Å². The number of rotatable bonds is 4. The summed E-state index contributed by atoms with van der Waals surface area (Å²) in [5.41, 5.74) is 0.383. The van der Waals surface area contributed by atoms with Crippen molar-refractivity contribution in [3.05, 3.63) is 64.0 Å². The lowest BCUT2D eigenvalue weighted by molar-refractivity contribution is -0.274. The first-order valence-corrected chi connectivity index (χ1v) is 10.1. The average Bonchev–Trinajstić information content (AvgIpc) is 2.93. The molecule has 0 aliphatic carbocycles. The van der Waals surface area contributed by atoms with Gasteiger partial charge < -0.3 is 15.4 Å². The highest BCUT2D eigenvalue weighted by molar-refractivity contribution is 9.10. The van der Waals surface area contributed by atoms with E-state index in [9.17, 15) is 22.4 Å². The molecule has 0 saturated heterocycles. The van der Waals surface area contributed by atoms with Crippen LogP contribution in [0, 0.1) is 5.82 Å². The van der Waals surface area contributed by atoms with Crippen LogP contribution in [0.15, 0.2) is 47.1 Å². The highest BCUT2D eigenvalue weighted by Crippen LogP contribution is 2.39. The Balaban J connectivity index is 1.78. The Morgan fingerprint density at radius 1 is 1.16 bits per heavy atom. The average molecular weight is 511 g/mol. The summed E-state index contributed by atoms with van der Waals surface area (Å²) in [5, 5.41) is 5.47. The highest BCUT2D eigenvalue weighted by Gasteiger charge is 2.38. The fraction of sp³-hybridized carbons (Fsp3) is 0.190. The van der Waals surface area contributed by atoms with Crippen LogP contribution in [-0.2, 0) is 5.54 Å². The molecule has 32 heavy (non-hydrogen) atoms. The van der Waals surface area contributed by atoms with Gasteiger partial charge in [-0.1, -0.05) is 28.1 Å². The summed E-state index contributed by atoms with van der Waals surface area (Å²) < 4.78 is 57.5. The van der Waals surface area contributed by atoms with Gasteiger partial charge in [-0.15, -0.1) is 13.2 Å². The van der Waals surface area contributed by atoms with Crippen molar-refractivity contribution < 1.29 is 27.1 Å². The third kappa shape index (κ3) is 4.24. The number of halogens is 5. The Kier molecular flexibility index (Phi) is 5.32. The quantitative estimate of drug-likeness (QED) is 0.442. The number of hydrogen-bond donors (Lipinski definition) is 2. The van der Waals surface area contributed by atoms with E-state index >= 15 is 0 Å². The van der Waals surface area contributed by atoms with Crippen LogP contribution in [-0.4, -0.2) is 22.2 Å². The lowest BCUT2D eigenvalue weighted by atomic mass is 9.88. The number of anilines is 2. The highest BCUT2D eigenvalue weighted by atomic mass is 79.9. The van der Waals surface area contributed by atoms with Crippen molar-refractivity contribution >= 4 is 33.5 Å². The van der Waals surface area contributed by atoms with Crippen LogP contribution in [0.5, 0.6) is 5.75 Å².